The Labute approximate surface area is 208 Å². The van der Waals surface area contributed by atoms with Crippen molar-refractivity contribution in [2.45, 2.75) is 62.4 Å². The van der Waals surface area contributed by atoms with Crippen molar-refractivity contribution < 1.29 is 30.8 Å². The highest BCUT2D eigenvalue weighted by molar-refractivity contribution is 7.89. The number of alkyl halides is 3. The van der Waals surface area contributed by atoms with Crippen LogP contribution in [0.15, 0.2) is 53.4 Å². The zero-order valence-corrected chi connectivity index (χ0v) is 20.9. The van der Waals surface area contributed by atoms with E-state index in [0.29, 0.717) is 12.0 Å². The Morgan fingerprint density at radius 1 is 1.08 bits per heavy atom. The zero-order chi connectivity index (χ0) is 26.3. The third-order valence-corrected chi connectivity index (χ3v) is 8.74. The van der Waals surface area contributed by atoms with E-state index in [2.05, 4.69) is 5.32 Å². The molecule has 2 saturated heterocycles. The fourth-order valence-corrected chi connectivity index (χ4v) is 6.46. The van der Waals surface area contributed by atoms with Gasteiger partial charge in [-0.2, -0.15) is 17.5 Å². The van der Waals surface area contributed by atoms with Gasteiger partial charge in [-0.3, -0.25) is 10.1 Å². The Balaban J connectivity index is 1.58. The van der Waals surface area contributed by atoms with Crippen molar-refractivity contribution in [2.75, 3.05) is 13.1 Å². The first kappa shape index (κ1) is 26.6. The fourth-order valence-electron chi connectivity index (χ4n) is 5.02. The molecule has 2 aromatic rings. The first-order valence-electron chi connectivity index (χ1n) is 11.8. The van der Waals surface area contributed by atoms with Gasteiger partial charge in [-0.25, -0.2) is 12.8 Å². The van der Waals surface area contributed by atoms with E-state index in [-0.39, 0.29) is 49.2 Å². The first-order chi connectivity index (χ1) is 16.8. The molecule has 1 N–H and O–H groups in total. The molecule has 1 amide bonds. The van der Waals surface area contributed by atoms with Crippen LogP contribution in [0.1, 0.15) is 44.2 Å². The normalized spacial score (nSPS) is 21.0. The minimum absolute atomic E-state index is 0.0188. The second-order valence-electron chi connectivity index (χ2n) is 9.84. The molecule has 1 spiro atoms. The SMILES string of the molecule is CC(C)C[C@@H]1NC2(CCN(S(=O)(=O)c3ccc(F)cc3)CC2)N(Cc2cccc(C(F)(F)F)c2)C1=O. The van der Waals surface area contributed by atoms with E-state index >= 15 is 0 Å². The molecular weight excluding hydrogens is 498 g/mol. The van der Waals surface area contributed by atoms with Crippen molar-refractivity contribution in [1.29, 1.82) is 0 Å². The van der Waals surface area contributed by atoms with Gasteiger partial charge >= 0.3 is 6.18 Å². The molecule has 0 saturated carbocycles. The number of rotatable bonds is 6. The Morgan fingerprint density at radius 3 is 2.31 bits per heavy atom. The largest absolute Gasteiger partial charge is 0.416 e. The van der Waals surface area contributed by atoms with E-state index in [1.165, 1.54) is 22.5 Å². The van der Waals surface area contributed by atoms with Gasteiger partial charge in [-0.15, -0.1) is 0 Å². The molecule has 36 heavy (non-hydrogen) atoms. The Morgan fingerprint density at radius 2 is 1.72 bits per heavy atom. The summed E-state index contributed by atoms with van der Waals surface area (Å²) in [6.07, 6.45) is -3.40. The van der Waals surface area contributed by atoms with Gasteiger partial charge in [0.2, 0.25) is 15.9 Å². The third kappa shape index (κ3) is 5.28. The fraction of sp³-hybridized carbons (Fsp3) is 0.480. The average Bonchev–Trinajstić information content (AvgIpc) is 3.04. The maximum absolute atomic E-state index is 13.4. The number of hydrogen-bond acceptors (Lipinski definition) is 4. The molecule has 0 unspecified atom stereocenters. The van der Waals surface area contributed by atoms with Crippen LogP contribution >= 0.6 is 0 Å². The number of halogens is 4. The van der Waals surface area contributed by atoms with Crippen molar-refractivity contribution >= 4 is 15.9 Å². The molecule has 196 valence electrons. The molecule has 2 fully saturated rings. The molecule has 2 aliphatic rings. The molecule has 1 atom stereocenters. The molecule has 6 nitrogen and oxygen atoms in total. The number of carbonyl (C=O) groups excluding carboxylic acids is 1. The molecule has 0 aromatic heterocycles. The number of nitrogens with zero attached hydrogens (tertiary/aromatic N) is 2. The molecule has 0 bridgehead atoms. The molecule has 0 aliphatic carbocycles. The first-order valence-corrected chi connectivity index (χ1v) is 13.3. The molecule has 4 rings (SSSR count). The molecule has 2 heterocycles. The van der Waals surface area contributed by atoms with Crippen LogP contribution in [0.2, 0.25) is 0 Å². The second kappa shape index (κ2) is 9.75. The van der Waals surface area contributed by atoms with Crippen LogP contribution in [0.3, 0.4) is 0 Å². The lowest BCUT2D eigenvalue weighted by Gasteiger charge is -2.44. The smallest absolute Gasteiger partial charge is 0.319 e. The number of hydrogen-bond donors (Lipinski definition) is 1. The lowest BCUT2D eigenvalue weighted by molar-refractivity contribution is -0.137. The number of benzene rings is 2. The lowest BCUT2D eigenvalue weighted by Crippen LogP contribution is -2.59. The van der Waals surface area contributed by atoms with Crippen molar-refractivity contribution in [1.82, 2.24) is 14.5 Å². The summed E-state index contributed by atoms with van der Waals surface area (Å²) in [4.78, 5) is 15.0. The average molecular weight is 528 g/mol. The summed E-state index contributed by atoms with van der Waals surface area (Å²) in [5.74, 6) is -0.534. The van der Waals surface area contributed by atoms with Gasteiger partial charge < -0.3 is 4.90 Å². The van der Waals surface area contributed by atoms with Crippen LogP contribution in [0.5, 0.6) is 0 Å². The van der Waals surface area contributed by atoms with Crippen molar-refractivity contribution in [3.8, 4) is 0 Å². The van der Waals surface area contributed by atoms with Gasteiger partial charge in [-0.1, -0.05) is 26.0 Å². The number of piperidine rings is 1. The Hall–Kier alpha value is -2.50. The lowest BCUT2D eigenvalue weighted by atomic mass is 9.96. The summed E-state index contributed by atoms with van der Waals surface area (Å²) in [6.45, 7) is 4.15. The van der Waals surface area contributed by atoms with Crippen LogP contribution in [-0.2, 0) is 27.5 Å². The molecule has 11 heteroatoms. The van der Waals surface area contributed by atoms with Crippen molar-refractivity contribution in [2.24, 2.45) is 5.92 Å². The maximum atomic E-state index is 13.4. The van der Waals surface area contributed by atoms with Crippen LogP contribution in [-0.4, -0.2) is 48.3 Å². The van der Waals surface area contributed by atoms with E-state index in [0.717, 1.165) is 24.3 Å². The van der Waals surface area contributed by atoms with Gasteiger partial charge in [0.1, 0.15) is 5.82 Å². The minimum atomic E-state index is -4.50. The summed E-state index contributed by atoms with van der Waals surface area (Å²) in [5, 5.41) is 3.40. The Bertz CT molecular complexity index is 1210. The highest BCUT2D eigenvalue weighted by Crippen LogP contribution is 2.37. The van der Waals surface area contributed by atoms with Crippen LogP contribution in [0.25, 0.3) is 0 Å². The monoisotopic (exact) mass is 527 g/mol. The van der Waals surface area contributed by atoms with E-state index < -0.39 is 39.3 Å². The van der Waals surface area contributed by atoms with E-state index in [1.54, 1.807) is 11.0 Å². The summed E-state index contributed by atoms with van der Waals surface area (Å²) in [7, 11) is -3.86. The minimum Gasteiger partial charge on any atom is -0.319 e. The highest BCUT2D eigenvalue weighted by atomic mass is 32.2. The number of sulfonamides is 1. The van der Waals surface area contributed by atoms with Gasteiger partial charge in [0.05, 0.1) is 22.2 Å². The van der Waals surface area contributed by atoms with Crippen LogP contribution in [0, 0.1) is 11.7 Å². The topological polar surface area (TPSA) is 69.7 Å². The van der Waals surface area contributed by atoms with Crippen LogP contribution < -0.4 is 5.32 Å². The predicted octanol–water partition coefficient (Wildman–Crippen LogP) is 4.37. The third-order valence-electron chi connectivity index (χ3n) is 6.83. The van der Waals surface area contributed by atoms with Crippen molar-refractivity contribution in [3.63, 3.8) is 0 Å². The summed E-state index contributed by atoms with van der Waals surface area (Å²) < 4.78 is 80.5. The second-order valence-corrected chi connectivity index (χ2v) is 11.8. The van der Waals surface area contributed by atoms with Gasteiger partial charge in [0.15, 0.2) is 0 Å². The Kier molecular flexibility index (Phi) is 7.20. The predicted molar refractivity (Wildman–Crippen MR) is 125 cm³/mol. The molecule has 2 aromatic carbocycles. The summed E-state index contributed by atoms with van der Waals surface area (Å²) in [6, 6.07) is 9.01. The van der Waals surface area contributed by atoms with E-state index in [9.17, 15) is 30.8 Å². The quantitative estimate of drug-likeness (QED) is 0.567. The number of nitrogens with one attached hydrogen (secondary N) is 1. The van der Waals surface area contributed by atoms with Gasteiger partial charge in [0.25, 0.3) is 0 Å². The van der Waals surface area contributed by atoms with Crippen molar-refractivity contribution in [3.05, 3.63) is 65.5 Å². The van der Waals surface area contributed by atoms with E-state index in [1.807, 2.05) is 13.8 Å². The zero-order valence-electron chi connectivity index (χ0n) is 20.1. The number of carbonyl (C=O) groups is 1. The molecular formula is C25H29F4N3O3S. The maximum Gasteiger partial charge on any atom is 0.416 e. The standard InChI is InChI=1S/C25H29F4N3O3S/c1-17(2)14-22-23(33)32(16-18-4-3-5-19(15-18)25(27,28)29)24(30-22)10-12-31(13-11-24)36(34,35)21-8-6-20(26)7-9-21/h3-9,15,17,22,30H,10-14,16H2,1-2H3/t22-/m0/s1. The summed E-state index contributed by atoms with van der Waals surface area (Å²) in [5.41, 5.74) is -1.31. The van der Waals surface area contributed by atoms with E-state index in [4.69, 9.17) is 0 Å². The van der Waals surface area contributed by atoms with Gasteiger partial charge in [0, 0.05) is 19.6 Å². The molecule has 0 radical (unpaired) electrons. The van der Waals surface area contributed by atoms with Gasteiger partial charge in [-0.05, 0) is 67.1 Å². The van der Waals surface area contributed by atoms with Crippen LogP contribution in [0.4, 0.5) is 17.6 Å². The number of amides is 1. The highest BCUT2D eigenvalue weighted by Gasteiger charge is 2.52. The summed E-state index contributed by atoms with van der Waals surface area (Å²) >= 11 is 0. The molecule has 2 aliphatic heterocycles.